The first-order chi connectivity index (χ1) is 7.79. The van der Waals surface area contributed by atoms with Crippen LogP contribution in [0.4, 0.5) is 5.69 Å². The Hall–Kier alpha value is -1.24. The smallest absolute Gasteiger partial charge is 0.103 e. The van der Waals surface area contributed by atoms with Crippen LogP contribution in [-0.4, -0.2) is 18.3 Å². The third kappa shape index (κ3) is 3.73. The summed E-state index contributed by atoms with van der Waals surface area (Å²) in [6.07, 6.45) is 2.77. The molecule has 0 fully saturated rings. The monoisotopic (exact) mass is 238 g/mol. The van der Waals surface area contributed by atoms with Gasteiger partial charge in [0.05, 0.1) is 16.3 Å². The van der Waals surface area contributed by atoms with Crippen LogP contribution in [0.5, 0.6) is 0 Å². The topological polar surface area (TPSA) is 56.0 Å². The number of hydrogen-bond acceptors (Lipinski definition) is 3. The number of nitrogens with zero attached hydrogens (tertiary/aromatic N) is 1. The number of aliphatic hydroxyl groups is 1. The van der Waals surface area contributed by atoms with Crippen molar-refractivity contribution in [3.8, 4) is 6.07 Å². The number of hydrogen-bond donors (Lipinski definition) is 2. The van der Waals surface area contributed by atoms with Crippen molar-refractivity contribution >= 4 is 17.3 Å². The zero-order chi connectivity index (χ0) is 11.8. The van der Waals surface area contributed by atoms with Gasteiger partial charge in [-0.25, -0.2) is 0 Å². The summed E-state index contributed by atoms with van der Waals surface area (Å²) in [7, 11) is 0. The van der Waals surface area contributed by atoms with Crippen LogP contribution >= 0.6 is 11.6 Å². The van der Waals surface area contributed by atoms with Gasteiger partial charge in [0, 0.05) is 13.2 Å². The van der Waals surface area contributed by atoms with Crippen molar-refractivity contribution in [2.24, 2.45) is 0 Å². The van der Waals surface area contributed by atoms with Gasteiger partial charge in [0.15, 0.2) is 0 Å². The molecule has 0 saturated carbocycles. The Kier molecular flexibility index (Phi) is 5.69. The van der Waals surface area contributed by atoms with Crippen LogP contribution in [-0.2, 0) is 0 Å². The van der Waals surface area contributed by atoms with E-state index in [0.29, 0.717) is 10.6 Å². The number of rotatable bonds is 6. The Morgan fingerprint density at radius 3 is 2.81 bits per heavy atom. The Bertz CT molecular complexity index is 374. The van der Waals surface area contributed by atoms with Gasteiger partial charge in [-0.1, -0.05) is 17.7 Å². The average Bonchev–Trinajstić information content (AvgIpc) is 2.29. The Labute approximate surface area is 101 Å². The molecule has 0 amide bonds. The van der Waals surface area contributed by atoms with Crippen LogP contribution in [0, 0.1) is 11.3 Å². The summed E-state index contributed by atoms with van der Waals surface area (Å²) >= 11 is 5.90. The first-order valence-electron chi connectivity index (χ1n) is 5.33. The fourth-order valence-corrected chi connectivity index (χ4v) is 1.64. The van der Waals surface area contributed by atoms with E-state index < -0.39 is 0 Å². The minimum absolute atomic E-state index is 0.237. The lowest BCUT2D eigenvalue weighted by molar-refractivity contribution is 0.283. The lowest BCUT2D eigenvalue weighted by atomic mass is 10.2. The Balaban J connectivity index is 2.48. The maximum absolute atomic E-state index is 8.93. The molecule has 1 aromatic carbocycles. The van der Waals surface area contributed by atoms with E-state index in [-0.39, 0.29) is 6.61 Å². The predicted molar refractivity (Wildman–Crippen MR) is 65.6 cm³/mol. The van der Waals surface area contributed by atoms with Gasteiger partial charge in [0.2, 0.25) is 0 Å². The maximum Gasteiger partial charge on any atom is 0.103 e. The van der Waals surface area contributed by atoms with Gasteiger partial charge in [-0.15, -0.1) is 0 Å². The van der Waals surface area contributed by atoms with E-state index in [4.69, 9.17) is 22.0 Å². The molecular formula is C12H15ClN2O. The molecule has 4 heteroatoms. The summed E-state index contributed by atoms with van der Waals surface area (Å²) < 4.78 is 0. The highest BCUT2D eigenvalue weighted by atomic mass is 35.5. The summed E-state index contributed by atoms with van der Waals surface area (Å²) in [5.74, 6) is 0. The van der Waals surface area contributed by atoms with E-state index in [2.05, 4.69) is 11.4 Å². The second-order valence-corrected chi connectivity index (χ2v) is 3.89. The van der Waals surface area contributed by atoms with Crippen LogP contribution in [0.1, 0.15) is 24.8 Å². The van der Waals surface area contributed by atoms with Crippen LogP contribution in [0.2, 0.25) is 5.02 Å². The SMILES string of the molecule is N#Cc1c(Cl)cccc1NCCCCCO. The zero-order valence-corrected chi connectivity index (χ0v) is 9.80. The Morgan fingerprint density at radius 2 is 2.12 bits per heavy atom. The normalized spacial score (nSPS) is 9.81. The summed E-state index contributed by atoms with van der Waals surface area (Å²) in [4.78, 5) is 0. The van der Waals surface area contributed by atoms with Crippen molar-refractivity contribution in [3.05, 3.63) is 28.8 Å². The zero-order valence-electron chi connectivity index (χ0n) is 9.04. The van der Waals surface area contributed by atoms with E-state index in [1.54, 1.807) is 6.07 Å². The molecule has 0 bridgehead atoms. The van der Waals surface area contributed by atoms with Crippen LogP contribution in [0.3, 0.4) is 0 Å². The molecule has 0 radical (unpaired) electrons. The molecule has 0 aliphatic heterocycles. The minimum atomic E-state index is 0.237. The van der Waals surface area contributed by atoms with Crippen LogP contribution in [0.25, 0.3) is 0 Å². The molecular weight excluding hydrogens is 224 g/mol. The van der Waals surface area contributed by atoms with E-state index >= 15 is 0 Å². The number of anilines is 1. The molecule has 86 valence electrons. The predicted octanol–water partition coefficient (Wildman–Crippen LogP) is 2.79. The second-order valence-electron chi connectivity index (χ2n) is 3.49. The third-order valence-electron chi connectivity index (χ3n) is 2.28. The maximum atomic E-state index is 8.93. The quantitative estimate of drug-likeness (QED) is 0.750. The number of unbranched alkanes of at least 4 members (excludes halogenated alkanes) is 2. The fraction of sp³-hybridized carbons (Fsp3) is 0.417. The fourth-order valence-electron chi connectivity index (χ4n) is 1.42. The van der Waals surface area contributed by atoms with Crippen molar-refractivity contribution in [2.75, 3.05) is 18.5 Å². The number of nitriles is 1. The summed E-state index contributed by atoms with van der Waals surface area (Å²) in [5.41, 5.74) is 1.27. The molecule has 1 aromatic rings. The first-order valence-corrected chi connectivity index (χ1v) is 5.70. The molecule has 0 unspecified atom stereocenters. The lowest BCUT2D eigenvalue weighted by Crippen LogP contribution is -2.03. The molecule has 0 saturated heterocycles. The molecule has 0 aromatic heterocycles. The molecule has 0 heterocycles. The number of halogens is 1. The molecule has 0 aliphatic carbocycles. The molecule has 0 spiro atoms. The van der Waals surface area contributed by atoms with Gasteiger partial charge >= 0.3 is 0 Å². The third-order valence-corrected chi connectivity index (χ3v) is 2.59. The van der Waals surface area contributed by atoms with Gasteiger partial charge in [-0.05, 0) is 31.4 Å². The van der Waals surface area contributed by atoms with Crippen molar-refractivity contribution < 1.29 is 5.11 Å². The van der Waals surface area contributed by atoms with Crippen LogP contribution in [0.15, 0.2) is 18.2 Å². The number of aliphatic hydroxyl groups excluding tert-OH is 1. The highest BCUT2D eigenvalue weighted by Crippen LogP contribution is 2.23. The highest BCUT2D eigenvalue weighted by Gasteiger charge is 2.04. The second kappa shape index (κ2) is 7.10. The molecule has 3 nitrogen and oxygen atoms in total. The van der Waals surface area contributed by atoms with Crippen LogP contribution < -0.4 is 5.32 Å². The molecule has 16 heavy (non-hydrogen) atoms. The van der Waals surface area contributed by atoms with Crippen molar-refractivity contribution in [2.45, 2.75) is 19.3 Å². The molecule has 1 rings (SSSR count). The summed E-state index contributed by atoms with van der Waals surface area (Å²) in [6.45, 7) is 1.02. The van der Waals surface area contributed by atoms with E-state index in [9.17, 15) is 0 Å². The van der Waals surface area contributed by atoms with Gasteiger partial charge in [-0.2, -0.15) is 5.26 Å². The van der Waals surface area contributed by atoms with E-state index in [0.717, 1.165) is 31.5 Å². The number of nitrogens with one attached hydrogen (secondary N) is 1. The standard InChI is InChI=1S/C12H15ClN2O/c13-11-5-4-6-12(10(11)9-14)15-7-2-1-3-8-16/h4-6,15-16H,1-3,7-8H2. The molecule has 0 atom stereocenters. The highest BCUT2D eigenvalue weighted by molar-refractivity contribution is 6.32. The largest absolute Gasteiger partial charge is 0.396 e. The van der Waals surface area contributed by atoms with Gasteiger partial charge in [-0.3, -0.25) is 0 Å². The van der Waals surface area contributed by atoms with Gasteiger partial charge in [0.25, 0.3) is 0 Å². The Morgan fingerprint density at radius 1 is 1.31 bits per heavy atom. The van der Waals surface area contributed by atoms with Gasteiger partial charge in [0.1, 0.15) is 6.07 Å². The minimum Gasteiger partial charge on any atom is -0.396 e. The van der Waals surface area contributed by atoms with Gasteiger partial charge < -0.3 is 10.4 Å². The van der Waals surface area contributed by atoms with E-state index in [1.165, 1.54) is 0 Å². The van der Waals surface area contributed by atoms with Crippen molar-refractivity contribution in [1.29, 1.82) is 5.26 Å². The first kappa shape index (κ1) is 12.8. The summed E-state index contributed by atoms with van der Waals surface area (Å²) in [6, 6.07) is 7.45. The lowest BCUT2D eigenvalue weighted by Gasteiger charge is -2.08. The average molecular weight is 239 g/mol. The van der Waals surface area contributed by atoms with E-state index in [1.807, 2.05) is 12.1 Å². The summed E-state index contributed by atoms with van der Waals surface area (Å²) in [5, 5.41) is 21.2. The van der Waals surface area contributed by atoms with Crippen molar-refractivity contribution in [3.63, 3.8) is 0 Å². The van der Waals surface area contributed by atoms with Crippen molar-refractivity contribution in [1.82, 2.24) is 0 Å². The molecule has 0 aliphatic rings. The molecule has 2 N–H and O–H groups in total. The number of benzene rings is 1.